The van der Waals surface area contributed by atoms with Gasteiger partial charge in [-0.2, -0.15) is 0 Å². The third kappa shape index (κ3) is 8.80. The predicted molar refractivity (Wildman–Crippen MR) is 71.9 cm³/mol. The van der Waals surface area contributed by atoms with Crippen LogP contribution in [0.4, 0.5) is 4.79 Å². The summed E-state index contributed by atoms with van der Waals surface area (Å²) in [7, 11) is 0. The van der Waals surface area contributed by atoms with Gasteiger partial charge in [-0.25, -0.2) is 9.59 Å². The fourth-order valence-electron chi connectivity index (χ4n) is 1.25. The van der Waals surface area contributed by atoms with Crippen molar-refractivity contribution in [3.05, 3.63) is 0 Å². The first-order valence-electron chi connectivity index (χ1n) is 6.08. The minimum atomic E-state index is -1.23. The number of amides is 2. The third-order valence-corrected chi connectivity index (χ3v) is 2.01. The van der Waals surface area contributed by atoms with Crippen molar-refractivity contribution in [2.24, 2.45) is 0 Å². The number of carbonyl (C=O) groups excluding carboxylic acids is 2. The van der Waals surface area contributed by atoms with Crippen LogP contribution in [0.3, 0.4) is 0 Å². The average molecular weight is 284 g/mol. The Balaban J connectivity index is 4.29. The van der Waals surface area contributed by atoms with Gasteiger partial charge in [0, 0.05) is 6.42 Å². The lowest BCUT2D eigenvalue weighted by Crippen LogP contribution is -2.46. The second-order valence-electron chi connectivity index (χ2n) is 5.05. The lowest BCUT2D eigenvalue weighted by atomic mass is 10.1. The highest BCUT2D eigenvalue weighted by Gasteiger charge is 2.23. The Morgan fingerprint density at radius 3 is 2.40 bits per heavy atom. The number of hydrogen-bond acceptors (Lipinski definition) is 4. The normalized spacial score (nSPS) is 11.9. The summed E-state index contributed by atoms with van der Waals surface area (Å²) in [4.78, 5) is 33.7. The Bertz CT molecular complexity index is 406. The highest BCUT2D eigenvalue weighted by atomic mass is 16.6. The molecule has 0 heterocycles. The van der Waals surface area contributed by atoms with Crippen molar-refractivity contribution in [2.45, 2.75) is 45.3 Å². The smallest absolute Gasteiger partial charge is 0.326 e. The summed E-state index contributed by atoms with van der Waals surface area (Å²) in [6, 6.07) is -1.88. The van der Waals surface area contributed by atoms with Crippen LogP contribution in [0.2, 0.25) is 0 Å². The first-order valence-corrected chi connectivity index (χ1v) is 6.08. The van der Waals surface area contributed by atoms with E-state index >= 15 is 0 Å². The molecule has 0 aliphatic carbocycles. The van der Waals surface area contributed by atoms with Crippen LogP contribution in [0.25, 0.3) is 0 Å². The zero-order valence-corrected chi connectivity index (χ0v) is 11.9. The van der Waals surface area contributed by atoms with E-state index in [1.165, 1.54) is 0 Å². The molecule has 0 aromatic heterocycles. The maximum absolute atomic E-state index is 11.5. The number of rotatable bonds is 6. The zero-order valence-electron chi connectivity index (χ0n) is 11.9. The summed E-state index contributed by atoms with van der Waals surface area (Å²) in [6.07, 6.45) is 4.79. The highest BCUT2D eigenvalue weighted by Crippen LogP contribution is 2.10. The van der Waals surface area contributed by atoms with Gasteiger partial charge in [0.2, 0.25) is 0 Å². The van der Waals surface area contributed by atoms with E-state index in [-0.39, 0.29) is 19.4 Å². The van der Waals surface area contributed by atoms with Gasteiger partial charge < -0.3 is 20.5 Å². The number of carboxylic acids is 1. The van der Waals surface area contributed by atoms with Gasteiger partial charge in [0.1, 0.15) is 11.6 Å². The lowest BCUT2D eigenvalue weighted by Gasteiger charge is -2.20. The first kappa shape index (κ1) is 17.8. The SMILES string of the molecule is C#CCNC(=O)N[C@H](CCC(=O)OC(C)(C)C)C(=O)O. The largest absolute Gasteiger partial charge is 0.480 e. The second-order valence-corrected chi connectivity index (χ2v) is 5.05. The molecule has 7 nitrogen and oxygen atoms in total. The van der Waals surface area contributed by atoms with Crippen molar-refractivity contribution in [2.75, 3.05) is 6.54 Å². The summed E-state index contributed by atoms with van der Waals surface area (Å²) >= 11 is 0. The number of carboxylic acid groups (broad SMARTS) is 1. The summed E-state index contributed by atoms with van der Waals surface area (Å²) in [5, 5.41) is 13.5. The van der Waals surface area contributed by atoms with Crippen molar-refractivity contribution in [1.29, 1.82) is 0 Å². The first-order chi connectivity index (χ1) is 9.15. The topological polar surface area (TPSA) is 105 Å². The molecule has 112 valence electrons. The molecule has 0 unspecified atom stereocenters. The Morgan fingerprint density at radius 1 is 1.35 bits per heavy atom. The summed E-state index contributed by atoms with van der Waals surface area (Å²) < 4.78 is 5.05. The monoisotopic (exact) mass is 284 g/mol. The molecule has 0 saturated carbocycles. The minimum absolute atomic E-state index is 0.00968. The van der Waals surface area contributed by atoms with E-state index in [4.69, 9.17) is 16.3 Å². The summed E-state index contributed by atoms with van der Waals surface area (Å²) in [5.41, 5.74) is -0.632. The van der Waals surface area contributed by atoms with Gasteiger partial charge in [-0.3, -0.25) is 4.79 Å². The number of carbonyl (C=O) groups is 3. The molecule has 0 bridgehead atoms. The van der Waals surface area contributed by atoms with E-state index in [9.17, 15) is 14.4 Å². The van der Waals surface area contributed by atoms with Crippen LogP contribution in [0.1, 0.15) is 33.6 Å². The molecule has 3 N–H and O–H groups in total. The van der Waals surface area contributed by atoms with Crippen molar-refractivity contribution < 1.29 is 24.2 Å². The molecule has 0 aromatic rings. The third-order valence-electron chi connectivity index (χ3n) is 2.01. The van der Waals surface area contributed by atoms with Crippen LogP contribution in [-0.4, -0.2) is 41.3 Å². The Hall–Kier alpha value is -2.23. The minimum Gasteiger partial charge on any atom is -0.480 e. The Morgan fingerprint density at radius 2 is 1.95 bits per heavy atom. The van der Waals surface area contributed by atoms with E-state index in [0.717, 1.165) is 0 Å². The quantitative estimate of drug-likeness (QED) is 0.486. The fourth-order valence-corrected chi connectivity index (χ4v) is 1.25. The standard InChI is InChI=1S/C13H20N2O5/c1-5-8-14-12(19)15-9(11(17)18)6-7-10(16)20-13(2,3)4/h1,9H,6-8H2,2-4H3,(H,17,18)(H2,14,15,19)/t9-/m1/s1. The van der Waals surface area contributed by atoms with Crippen LogP contribution in [0.5, 0.6) is 0 Å². The Labute approximate surface area is 118 Å². The molecule has 20 heavy (non-hydrogen) atoms. The van der Waals surface area contributed by atoms with Crippen LogP contribution in [0, 0.1) is 12.3 Å². The van der Waals surface area contributed by atoms with Crippen LogP contribution in [0.15, 0.2) is 0 Å². The van der Waals surface area contributed by atoms with Crippen LogP contribution in [-0.2, 0) is 14.3 Å². The number of urea groups is 1. The Kier molecular flexibility index (Phi) is 7.15. The number of ether oxygens (including phenoxy) is 1. The van der Waals surface area contributed by atoms with Gasteiger partial charge in [-0.05, 0) is 27.2 Å². The molecule has 0 saturated heterocycles. The molecule has 0 fully saturated rings. The van der Waals surface area contributed by atoms with Crippen molar-refractivity contribution >= 4 is 18.0 Å². The number of esters is 1. The van der Waals surface area contributed by atoms with Gasteiger partial charge in [0.05, 0.1) is 6.54 Å². The molecular formula is C13H20N2O5. The molecule has 0 rings (SSSR count). The van der Waals surface area contributed by atoms with Crippen molar-refractivity contribution in [1.82, 2.24) is 10.6 Å². The predicted octanol–water partition coefficient (Wildman–Crippen LogP) is 0.494. The van der Waals surface area contributed by atoms with Crippen LogP contribution >= 0.6 is 0 Å². The van der Waals surface area contributed by atoms with Gasteiger partial charge in [-0.1, -0.05) is 5.92 Å². The number of hydrogen-bond donors (Lipinski definition) is 3. The molecule has 0 aromatic carbocycles. The van der Waals surface area contributed by atoms with Gasteiger partial charge in [0.15, 0.2) is 0 Å². The van der Waals surface area contributed by atoms with E-state index < -0.39 is 29.6 Å². The number of aliphatic carboxylic acids is 1. The van der Waals surface area contributed by atoms with Gasteiger partial charge in [-0.15, -0.1) is 6.42 Å². The van der Waals surface area contributed by atoms with Crippen molar-refractivity contribution in [3.63, 3.8) is 0 Å². The zero-order chi connectivity index (χ0) is 15.8. The molecule has 0 radical (unpaired) electrons. The summed E-state index contributed by atoms with van der Waals surface area (Å²) in [5.74, 6) is 0.433. The number of nitrogens with one attached hydrogen (secondary N) is 2. The van der Waals surface area contributed by atoms with Gasteiger partial charge >= 0.3 is 18.0 Å². The molecule has 2 amide bonds. The lowest BCUT2D eigenvalue weighted by molar-refractivity contribution is -0.155. The molecule has 0 spiro atoms. The second kappa shape index (κ2) is 8.04. The number of terminal acetylenes is 1. The maximum Gasteiger partial charge on any atom is 0.326 e. The average Bonchev–Trinajstić information content (AvgIpc) is 2.29. The van der Waals surface area contributed by atoms with E-state index in [2.05, 4.69) is 16.6 Å². The van der Waals surface area contributed by atoms with E-state index in [1.54, 1.807) is 20.8 Å². The van der Waals surface area contributed by atoms with Crippen LogP contribution < -0.4 is 10.6 Å². The van der Waals surface area contributed by atoms with Gasteiger partial charge in [0.25, 0.3) is 0 Å². The fraction of sp³-hybridized carbons (Fsp3) is 0.615. The van der Waals surface area contributed by atoms with Crippen molar-refractivity contribution in [3.8, 4) is 12.3 Å². The molecule has 0 aliphatic heterocycles. The molecule has 0 aliphatic rings. The molecule has 7 heteroatoms. The maximum atomic E-state index is 11.5. The summed E-state index contributed by atoms with van der Waals surface area (Å²) in [6.45, 7) is 5.13. The molecular weight excluding hydrogens is 264 g/mol. The highest BCUT2D eigenvalue weighted by molar-refractivity contribution is 5.83. The van der Waals surface area contributed by atoms with E-state index in [1.807, 2.05) is 0 Å². The molecule has 1 atom stereocenters. The van der Waals surface area contributed by atoms with E-state index in [0.29, 0.717) is 0 Å².